The third-order valence-electron chi connectivity index (χ3n) is 5.00. The van der Waals surface area contributed by atoms with Gasteiger partial charge < -0.3 is 19.7 Å². The van der Waals surface area contributed by atoms with Crippen LogP contribution >= 0.6 is 0 Å². The lowest BCUT2D eigenvalue weighted by molar-refractivity contribution is -0.130. The second-order valence-electron chi connectivity index (χ2n) is 6.87. The molecule has 2 aliphatic heterocycles. The van der Waals surface area contributed by atoms with Gasteiger partial charge in [0.15, 0.2) is 11.5 Å². The predicted octanol–water partition coefficient (Wildman–Crippen LogP) is 3.76. The maximum atomic E-state index is 13.3. The van der Waals surface area contributed by atoms with Gasteiger partial charge in [-0.2, -0.15) is 0 Å². The summed E-state index contributed by atoms with van der Waals surface area (Å²) in [6.07, 6.45) is 2.75. The highest BCUT2D eigenvalue weighted by atomic mass is 19.1. The topological polar surface area (TPSA) is 50.8 Å². The first-order chi connectivity index (χ1) is 13.2. The number of carbonyl (C=O) groups is 1. The molecule has 2 aliphatic rings. The van der Waals surface area contributed by atoms with Crippen molar-refractivity contribution in [2.24, 2.45) is 0 Å². The molecule has 142 valence electrons. The SMILES string of the molecule is O=C(CNc1cccc(F)c1)N1CCC[C@@H]1c1ccc2c(c1)OCCCO2. The summed E-state index contributed by atoms with van der Waals surface area (Å²) in [7, 11) is 0. The van der Waals surface area contributed by atoms with Crippen molar-refractivity contribution in [3.8, 4) is 11.5 Å². The van der Waals surface area contributed by atoms with E-state index in [1.165, 1.54) is 12.1 Å². The third kappa shape index (κ3) is 3.99. The number of hydrogen-bond donors (Lipinski definition) is 1. The monoisotopic (exact) mass is 370 g/mol. The number of rotatable bonds is 4. The van der Waals surface area contributed by atoms with E-state index in [-0.39, 0.29) is 24.3 Å². The molecule has 27 heavy (non-hydrogen) atoms. The highest BCUT2D eigenvalue weighted by Gasteiger charge is 2.30. The normalized spacial score (nSPS) is 18.9. The standard InChI is InChI=1S/C21H23FN2O3/c22-16-4-1-5-17(13-16)23-14-21(25)24-9-2-6-18(24)15-7-8-19-20(12-15)27-11-3-10-26-19/h1,4-5,7-8,12-13,18,23H,2-3,6,9-11,14H2/t18-/m1/s1. The maximum Gasteiger partial charge on any atom is 0.242 e. The molecule has 1 atom stereocenters. The summed E-state index contributed by atoms with van der Waals surface area (Å²) < 4.78 is 24.8. The first kappa shape index (κ1) is 17.6. The zero-order chi connectivity index (χ0) is 18.6. The Hall–Kier alpha value is -2.76. The molecule has 4 rings (SSSR count). The van der Waals surface area contributed by atoms with E-state index < -0.39 is 0 Å². The van der Waals surface area contributed by atoms with Crippen LogP contribution in [0.5, 0.6) is 11.5 Å². The molecule has 6 heteroatoms. The minimum absolute atomic E-state index is 0.00822. The summed E-state index contributed by atoms with van der Waals surface area (Å²) in [5.41, 5.74) is 1.67. The van der Waals surface area contributed by atoms with Crippen LogP contribution in [0.1, 0.15) is 30.9 Å². The van der Waals surface area contributed by atoms with Crippen LogP contribution in [0.2, 0.25) is 0 Å². The van der Waals surface area contributed by atoms with Crippen molar-refractivity contribution < 1.29 is 18.7 Å². The minimum atomic E-state index is -0.321. The smallest absolute Gasteiger partial charge is 0.242 e. The minimum Gasteiger partial charge on any atom is -0.490 e. The van der Waals surface area contributed by atoms with Crippen molar-refractivity contribution in [3.63, 3.8) is 0 Å². The predicted molar refractivity (Wildman–Crippen MR) is 101 cm³/mol. The number of anilines is 1. The van der Waals surface area contributed by atoms with E-state index in [1.807, 2.05) is 23.1 Å². The summed E-state index contributed by atoms with van der Waals surface area (Å²) in [6, 6.07) is 12.1. The lowest BCUT2D eigenvalue weighted by atomic mass is 10.0. The molecule has 2 heterocycles. The quantitative estimate of drug-likeness (QED) is 0.890. The Morgan fingerprint density at radius 2 is 1.96 bits per heavy atom. The average Bonchev–Trinajstić information content (AvgIpc) is 3.05. The van der Waals surface area contributed by atoms with Crippen LogP contribution in [-0.2, 0) is 4.79 Å². The zero-order valence-corrected chi connectivity index (χ0v) is 15.1. The molecule has 0 radical (unpaired) electrons. The van der Waals surface area contributed by atoms with Crippen molar-refractivity contribution in [1.82, 2.24) is 4.90 Å². The fraction of sp³-hybridized carbons (Fsp3) is 0.381. The lowest BCUT2D eigenvalue weighted by Gasteiger charge is -2.26. The molecule has 0 saturated carbocycles. The lowest BCUT2D eigenvalue weighted by Crippen LogP contribution is -2.35. The van der Waals surface area contributed by atoms with Gasteiger partial charge in [0.2, 0.25) is 5.91 Å². The number of hydrogen-bond acceptors (Lipinski definition) is 4. The molecule has 1 saturated heterocycles. The molecular weight excluding hydrogens is 347 g/mol. The number of carbonyl (C=O) groups excluding carboxylic acids is 1. The summed E-state index contributed by atoms with van der Waals surface area (Å²) in [6.45, 7) is 2.17. The van der Waals surface area contributed by atoms with Crippen molar-refractivity contribution in [3.05, 3.63) is 53.8 Å². The Morgan fingerprint density at radius 3 is 2.81 bits per heavy atom. The number of halogens is 1. The molecule has 2 aromatic rings. The van der Waals surface area contributed by atoms with Crippen LogP contribution in [0.15, 0.2) is 42.5 Å². The van der Waals surface area contributed by atoms with Crippen molar-refractivity contribution in [2.45, 2.75) is 25.3 Å². The molecule has 5 nitrogen and oxygen atoms in total. The van der Waals surface area contributed by atoms with Crippen molar-refractivity contribution in [1.29, 1.82) is 0 Å². The summed E-state index contributed by atoms with van der Waals surface area (Å²) in [5, 5.41) is 3.02. The Kier molecular flexibility index (Phi) is 5.14. The second-order valence-corrected chi connectivity index (χ2v) is 6.87. The summed E-state index contributed by atoms with van der Waals surface area (Å²) in [4.78, 5) is 14.6. The van der Waals surface area contributed by atoms with Crippen LogP contribution < -0.4 is 14.8 Å². The Labute approximate surface area is 158 Å². The molecule has 0 bridgehead atoms. The van der Waals surface area contributed by atoms with Crippen LogP contribution in [-0.4, -0.2) is 37.1 Å². The largest absolute Gasteiger partial charge is 0.490 e. The van der Waals surface area contributed by atoms with Crippen molar-refractivity contribution in [2.75, 3.05) is 31.6 Å². The van der Waals surface area contributed by atoms with Crippen LogP contribution in [0.3, 0.4) is 0 Å². The van der Waals surface area contributed by atoms with E-state index in [4.69, 9.17) is 9.47 Å². The third-order valence-corrected chi connectivity index (χ3v) is 5.00. The number of nitrogens with one attached hydrogen (secondary N) is 1. The maximum absolute atomic E-state index is 13.3. The van der Waals surface area contributed by atoms with Gasteiger partial charge in [0, 0.05) is 18.7 Å². The number of fused-ring (bicyclic) bond motifs is 1. The molecular formula is C21H23FN2O3. The zero-order valence-electron chi connectivity index (χ0n) is 15.1. The van der Waals surface area contributed by atoms with E-state index >= 15 is 0 Å². The second kappa shape index (κ2) is 7.86. The van der Waals surface area contributed by atoms with Gasteiger partial charge in [-0.25, -0.2) is 4.39 Å². The average molecular weight is 370 g/mol. The number of likely N-dealkylation sites (tertiary alicyclic amines) is 1. The van der Waals surface area contributed by atoms with Gasteiger partial charge in [-0.05, 0) is 48.7 Å². The molecule has 1 fully saturated rings. The van der Waals surface area contributed by atoms with E-state index in [2.05, 4.69) is 5.32 Å². The Bertz CT molecular complexity index is 827. The van der Waals surface area contributed by atoms with Crippen molar-refractivity contribution >= 4 is 11.6 Å². The molecule has 0 aromatic heterocycles. The first-order valence-electron chi connectivity index (χ1n) is 9.39. The van der Waals surface area contributed by atoms with Crippen LogP contribution in [0.4, 0.5) is 10.1 Å². The Morgan fingerprint density at radius 1 is 1.11 bits per heavy atom. The van der Waals surface area contributed by atoms with E-state index in [9.17, 15) is 9.18 Å². The molecule has 2 aromatic carbocycles. The fourth-order valence-corrected chi connectivity index (χ4v) is 3.68. The van der Waals surface area contributed by atoms with Gasteiger partial charge in [-0.15, -0.1) is 0 Å². The first-order valence-corrected chi connectivity index (χ1v) is 9.39. The molecule has 0 spiro atoms. The van der Waals surface area contributed by atoms with Gasteiger partial charge in [0.1, 0.15) is 5.82 Å². The molecule has 1 N–H and O–H groups in total. The van der Waals surface area contributed by atoms with Crippen LogP contribution in [0, 0.1) is 5.82 Å². The number of amides is 1. The molecule has 0 aliphatic carbocycles. The fourth-order valence-electron chi connectivity index (χ4n) is 3.68. The summed E-state index contributed by atoms with van der Waals surface area (Å²) in [5.74, 6) is 1.20. The van der Waals surface area contributed by atoms with E-state index in [1.54, 1.807) is 12.1 Å². The highest BCUT2D eigenvalue weighted by Crippen LogP contribution is 2.37. The van der Waals surface area contributed by atoms with Gasteiger partial charge in [0.05, 0.1) is 25.8 Å². The number of ether oxygens (including phenoxy) is 2. The van der Waals surface area contributed by atoms with Gasteiger partial charge in [0.25, 0.3) is 0 Å². The van der Waals surface area contributed by atoms with Crippen LogP contribution in [0.25, 0.3) is 0 Å². The molecule has 0 unspecified atom stereocenters. The molecule has 1 amide bonds. The van der Waals surface area contributed by atoms with Gasteiger partial charge >= 0.3 is 0 Å². The Balaban J connectivity index is 1.45. The van der Waals surface area contributed by atoms with E-state index in [0.717, 1.165) is 42.9 Å². The highest BCUT2D eigenvalue weighted by molar-refractivity contribution is 5.81. The van der Waals surface area contributed by atoms with Gasteiger partial charge in [-0.1, -0.05) is 12.1 Å². The number of nitrogens with zero attached hydrogens (tertiary/aromatic N) is 1. The van der Waals surface area contributed by atoms with E-state index in [0.29, 0.717) is 18.9 Å². The van der Waals surface area contributed by atoms with Gasteiger partial charge in [-0.3, -0.25) is 4.79 Å². The number of benzene rings is 2. The summed E-state index contributed by atoms with van der Waals surface area (Å²) >= 11 is 0.